The summed E-state index contributed by atoms with van der Waals surface area (Å²) in [6.45, 7) is 8.07. The van der Waals surface area contributed by atoms with Crippen LogP contribution in [0.2, 0.25) is 0 Å². The van der Waals surface area contributed by atoms with E-state index in [-0.39, 0.29) is 35.2 Å². The number of rotatable bonds is 14. The van der Waals surface area contributed by atoms with Gasteiger partial charge in [-0.1, -0.05) is 143 Å². The summed E-state index contributed by atoms with van der Waals surface area (Å²) in [5.74, 6) is -4.05. The quantitative estimate of drug-likeness (QED) is 0.0366. The second-order valence-corrected chi connectivity index (χ2v) is 18.0. The van der Waals surface area contributed by atoms with E-state index in [1.165, 1.54) is 31.1 Å². The van der Waals surface area contributed by atoms with E-state index >= 15 is 9.59 Å². The number of likely N-dealkylation sites (tertiary alicyclic amines) is 1. The number of H-pyrrole nitrogens is 1. The number of imide groups is 1. The number of carbonyl (C=O) groups is 4. The number of aromatic amines is 1. The van der Waals surface area contributed by atoms with Gasteiger partial charge in [-0.3, -0.25) is 14.4 Å². The Morgan fingerprint density at radius 3 is 1.84 bits per heavy atom. The fraction of sp³-hybridized carbons (Fsp3) is 0.373. The number of Topliss-reactive ketones (excluding diaryl/α,β-unsaturated/α-hetero) is 1. The summed E-state index contributed by atoms with van der Waals surface area (Å²) < 4.78 is 36.4. The number of imidazole rings is 1. The van der Waals surface area contributed by atoms with Gasteiger partial charge in [0.15, 0.2) is 17.1 Å². The lowest BCUT2D eigenvalue weighted by molar-refractivity contribution is -0.161. The number of nitrogens with one attached hydrogen (secondary N) is 1. The second kappa shape index (κ2) is 19.0. The van der Waals surface area contributed by atoms with Crippen molar-refractivity contribution in [2.75, 3.05) is 4.90 Å². The van der Waals surface area contributed by atoms with Gasteiger partial charge in [0.2, 0.25) is 22.1 Å². The van der Waals surface area contributed by atoms with Crippen molar-refractivity contribution >= 4 is 44.5 Å². The van der Waals surface area contributed by atoms with Gasteiger partial charge in [0, 0.05) is 32.5 Å². The molecular weight excluding hydrogens is 827 g/mol. The van der Waals surface area contributed by atoms with Gasteiger partial charge in [0.25, 0.3) is 0 Å². The first kappa shape index (κ1) is 46.0. The number of benzene rings is 4. The predicted octanol–water partition coefficient (Wildman–Crippen LogP) is 8.00. The Kier molecular flexibility index (Phi) is 13.6. The molecule has 334 valence electrons. The number of piperidine rings is 1. The first-order valence-electron chi connectivity index (χ1n) is 22.2. The van der Waals surface area contributed by atoms with Gasteiger partial charge in [0.1, 0.15) is 10.5 Å². The molecule has 1 saturated heterocycles. The number of hydrogen-bond acceptors (Lipinski definition) is 9. The third-order valence-electron chi connectivity index (χ3n) is 13.6. The van der Waals surface area contributed by atoms with Gasteiger partial charge in [-0.15, -0.1) is 0 Å². The number of para-hydroxylation sites is 1. The maximum Gasteiger partial charge on any atom is 0.341 e. The molecule has 0 radical (unpaired) electrons. The van der Waals surface area contributed by atoms with E-state index in [1.54, 1.807) is 19.2 Å². The first-order valence-corrected chi connectivity index (χ1v) is 23.3. The fourth-order valence-corrected chi connectivity index (χ4v) is 11.8. The minimum Gasteiger partial charge on any atom is -0.422 e. The Hall–Kier alpha value is -6.02. The van der Waals surface area contributed by atoms with Crippen molar-refractivity contribution in [3.8, 4) is 5.75 Å². The minimum absolute atomic E-state index is 0.0489. The molecule has 64 heavy (non-hydrogen) atoms. The number of amides is 2. The molecule has 2 fully saturated rings. The number of unbranched alkanes of at least 4 members (excludes halogenated alkanes) is 1. The van der Waals surface area contributed by atoms with Crippen LogP contribution in [0.25, 0.3) is 0 Å². The normalized spacial score (nSPS) is 21.6. The second-order valence-electron chi connectivity index (χ2n) is 17.1. The molecule has 1 saturated carbocycles. The van der Waals surface area contributed by atoms with Crippen molar-refractivity contribution < 1.29 is 32.3 Å². The highest BCUT2D eigenvalue weighted by atomic mass is 32.2. The zero-order valence-corrected chi connectivity index (χ0v) is 37.9. The number of carbonyl (C=O) groups excluding carboxylic acids is 4. The Bertz CT molecular complexity index is 2510. The minimum atomic E-state index is -3.18. The Morgan fingerprint density at radius 1 is 0.844 bits per heavy atom. The smallest absolute Gasteiger partial charge is 0.341 e. The van der Waals surface area contributed by atoms with Crippen LogP contribution in [0.3, 0.4) is 0 Å². The molecule has 4 unspecified atom stereocenters. The van der Waals surface area contributed by atoms with Gasteiger partial charge in [0.05, 0.1) is 23.1 Å². The molecule has 2 aliphatic rings. The molecule has 4 atom stereocenters. The molecule has 12 nitrogen and oxygen atoms in total. The molecule has 0 bridgehead atoms. The Labute approximate surface area is 376 Å². The van der Waals surface area contributed by atoms with Crippen LogP contribution in [-0.4, -0.2) is 63.4 Å². The van der Waals surface area contributed by atoms with Crippen LogP contribution in [0.4, 0.5) is 5.69 Å². The first-order chi connectivity index (χ1) is 30.8. The highest BCUT2D eigenvalue weighted by Crippen LogP contribution is 2.56. The SMILES string of the molecule is CCCCC(=O)C1(C(=O)Oc2cccc(C3CCCC3)c2N(C(C)=O)C(C)=O)C(N)C(CC)C(C)(c2c[nH]cn2)C(=S(=O)=O)N1C(c1ccccc1)(c1ccccc1)c1ccccc1. The molecular formula is C51H57N5O7S. The highest BCUT2D eigenvalue weighted by Gasteiger charge is 2.73. The zero-order chi connectivity index (χ0) is 45.8. The predicted molar refractivity (Wildman–Crippen MR) is 247 cm³/mol. The number of nitrogens with two attached hydrogens (primary N) is 1. The number of anilines is 1. The maximum atomic E-state index is 16.5. The lowest BCUT2D eigenvalue weighted by atomic mass is 9.57. The van der Waals surface area contributed by atoms with Crippen molar-refractivity contribution in [3.63, 3.8) is 0 Å². The maximum absolute atomic E-state index is 16.5. The van der Waals surface area contributed by atoms with E-state index in [9.17, 15) is 18.0 Å². The molecule has 1 aliphatic heterocycles. The zero-order valence-electron chi connectivity index (χ0n) is 37.1. The number of hydrogen-bond donors (Lipinski definition) is 2. The van der Waals surface area contributed by atoms with E-state index in [1.807, 2.05) is 111 Å². The van der Waals surface area contributed by atoms with Crippen LogP contribution in [0.15, 0.2) is 122 Å². The standard InChI is InChI=1S/C51H57N5O7S/c1-6-8-31-44(59)51(48(60)63-42-30-20-29-40(36-21-18-19-22-36)45(42)55(34(3)57)35(4)58)46(52)41(7-2)49(5,43-32-53-33-54-43)47(64(61)62)56(51)50(37-23-12-9-13-24-37,38-25-14-10-15-26-38)39-27-16-11-17-28-39/h9-17,20,23-30,32-33,36,41,46H,6-8,18-19,21-22,31,52H2,1-5H3,(H,53,54). The summed E-state index contributed by atoms with van der Waals surface area (Å²) in [6.07, 6.45) is 7.50. The number of ketones is 1. The lowest BCUT2D eigenvalue weighted by Gasteiger charge is -2.62. The van der Waals surface area contributed by atoms with Crippen LogP contribution in [0, 0.1) is 5.92 Å². The highest BCUT2D eigenvalue weighted by molar-refractivity contribution is 7.73. The average molecular weight is 884 g/mol. The van der Waals surface area contributed by atoms with Gasteiger partial charge in [-0.2, -0.15) is 8.42 Å². The molecule has 1 aliphatic carbocycles. The van der Waals surface area contributed by atoms with E-state index in [2.05, 4.69) is 9.97 Å². The molecule has 13 heteroatoms. The van der Waals surface area contributed by atoms with Crippen LogP contribution in [0.5, 0.6) is 5.75 Å². The average Bonchev–Trinajstić information content (AvgIpc) is 4.04. The van der Waals surface area contributed by atoms with Crippen molar-refractivity contribution in [1.29, 1.82) is 0 Å². The molecule has 2 heterocycles. The summed E-state index contributed by atoms with van der Waals surface area (Å²) in [7, 11) is -3.18. The fourth-order valence-electron chi connectivity index (χ4n) is 10.8. The molecule has 1 aromatic heterocycles. The largest absolute Gasteiger partial charge is 0.422 e. The van der Waals surface area contributed by atoms with Gasteiger partial charge in [-0.25, -0.2) is 19.6 Å². The van der Waals surface area contributed by atoms with Crippen molar-refractivity contribution in [2.24, 2.45) is 11.7 Å². The number of nitrogens with zero attached hydrogens (tertiary/aromatic N) is 3. The third kappa shape index (κ3) is 7.52. The van der Waals surface area contributed by atoms with Crippen molar-refractivity contribution in [3.05, 3.63) is 150 Å². The van der Waals surface area contributed by atoms with Crippen LogP contribution >= 0.6 is 0 Å². The summed E-state index contributed by atoms with van der Waals surface area (Å²) >= 11 is 0. The molecule has 3 N–H and O–H groups in total. The molecule has 7 rings (SSSR count). The monoisotopic (exact) mass is 883 g/mol. The molecule has 5 aromatic rings. The van der Waals surface area contributed by atoms with Gasteiger partial charge < -0.3 is 15.5 Å². The van der Waals surface area contributed by atoms with E-state index in [0.29, 0.717) is 40.8 Å². The Morgan fingerprint density at radius 2 is 1.39 bits per heavy atom. The van der Waals surface area contributed by atoms with Crippen LogP contribution in [0.1, 0.15) is 120 Å². The number of esters is 1. The number of ether oxygens (including phenoxy) is 1. The molecule has 2 amide bonds. The molecule has 0 spiro atoms. The summed E-state index contributed by atoms with van der Waals surface area (Å²) in [5, 5.41) is 0. The third-order valence-corrected chi connectivity index (χ3v) is 14.5. The van der Waals surface area contributed by atoms with E-state index in [0.717, 1.165) is 30.6 Å². The summed E-state index contributed by atoms with van der Waals surface area (Å²) in [4.78, 5) is 69.5. The Balaban J connectivity index is 1.69. The van der Waals surface area contributed by atoms with Gasteiger partial charge >= 0.3 is 5.97 Å². The summed E-state index contributed by atoms with van der Waals surface area (Å²) in [5.41, 5.74) is 4.53. The topological polar surface area (TPSA) is 173 Å². The van der Waals surface area contributed by atoms with Crippen LogP contribution in [-0.2, 0) is 40.4 Å². The van der Waals surface area contributed by atoms with E-state index < -0.39 is 62.3 Å². The number of aromatic nitrogens is 2. The van der Waals surface area contributed by atoms with Crippen molar-refractivity contribution in [1.82, 2.24) is 14.9 Å². The van der Waals surface area contributed by atoms with E-state index in [4.69, 9.17) is 10.5 Å². The van der Waals surface area contributed by atoms with Crippen LogP contribution < -0.4 is 15.4 Å². The van der Waals surface area contributed by atoms with Gasteiger partial charge in [-0.05, 0) is 66.3 Å². The van der Waals surface area contributed by atoms with Crippen molar-refractivity contribution in [2.45, 2.75) is 114 Å². The lowest BCUT2D eigenvalue weighted by Crippen LogP contribution is -2.84. The summed E-state index contributed by atoms with van der Waals surface area (Å²) in [6, 6.07) is 31.2. The molecule has 4 aromatic carbocycles.